The molecule has 0 amide bonds. The number of ether oxygens (including phenoxy) is 2. The van der Waals surface area contributed by atoms with Crippen molar-refractivity contribution < 1.29 is 19.4 Å². The molecule has 0 aliphatic rings. The van der Waals surface area contributed by atoms with E-state index in [9.17, 15) is 9.90 Å². The normalized spacial score (nSPS) is 12.0. The molecule has 0 bridgehead atoms. The Bertz CT molecular complexity index is 872. The summed E-state index contributed by atoms with van der Waals surface area (Å²) in [5.74, 6) is 1.04. The van der Waals surface area contributed by atoms with Gasteiger partial charge in [0.15, 0.2) is 5.96 Å². The third-order valence-electron chi connectivity index (χ3n) is 4.04. The van der Waals surface area contributed by atoms with Gasteiger partial charge in [-0.05, 0) is 45.9 Å². The van der Waals surface area contributed by atoms with E-state index in [-0.39, 0.29) is 48.3 Å². The largest absolute Gasteiger partial charge is 0.508 e. The molecule has 0 saturated heterocycles. The van der Waals surface area contributed by atoms with Crippen molar-refractivity contribution in [3.8, 4) is 11.5 Å². The van der Waals surface area contributed by atoms with Gasteiger partial charge in [-0.3, -0.25) is 0 Å². The first-order valence-corrected chi connectivity index (χ1v) is 10.3. The number of phenols is 1. The molecule has 0 radical (unpaired) electrons. The Morgan fingerprint density at radius 3 is 2.73 bits per heavy atom. The number of halogens is 1. The van der Waals surface area contributed by atoms with Gasteiger partial charge >= 0.3 is 5.97 Å². The quantitative estimate of drug-likeness (QED) is 0.200. The number of benzene rings is 1. The first kappa shape index (κ1) is 26.0. The highest BCUT2D eigenvalue weighted by molar-refractivity contribution is 14.0. The maximum atomic E-state index is 12.0. The van der Waals surface area contributed by atoms with Gasteiger partial charge in [0.25, 0.3) is 0 Å². The molecule has 0 spiro atoms. The highest BCUT2D eigenvalue weighted by Gasteiger charge is 2.20. The second-order valence-electron chi connectivity index (χ2n) is 6.24. The Morgan fingerprint density at radius 2 is 2.10 bits per heavy atom. The number of phenolic OH excluding ortho intramolecular Hbond substituents is 1. The number of nitrogens with one attached hydrogen (secondary N) is 2. The lowest BCUT2D eigenvalue weighted by Gasteiger charge is -2.16. The molecule has 0 aliphatic heterocycles. The SMILES string of the molecule is CCNC(=NCc1cc(OC)ccc1O)NC(C)c1nc(C)c(C(=O)OCC)s1.I. The van der Waals surface area contributed by atoms with Crippen molar-refractivity contribution in [1.82, 2.24) is 15.6 Å². The van der Waals surface area contributed by atoms with Gasteiger partial charge in [0.2, 0.25) is 0 Å². The number of guanidine groups is 1. The standard InChI is InChI=1S/C20H28N4O4S.HI/c1-6-21-20(22-11-14-10-15(27-5)8-9-16(14)25)24-13(4)18-23-12(3)17(29-18)19(26)28-7-2;/h8-10,13,25H,6-7,11H2,1-5H3,(H2,21,22,24);1H. The Hall–Kier alpha value is -2.08. The fourth-order valence-electron chi connectivity index (χ4n) is 2.56. The number of esters is 1. The van der Waals surface area contributed by atoms with Crippen LogP contribution in [0.2, 0.25) is 0 Å². The maximum absolute atomic E-state index is 12.0. The number of aromatic hydroxyl groups is 1. The predicted molar refractivity (Wildman–Crippen MR) is 129 cm³/mol. The van der Waals surface area contributed by atoms with Gasteiger partial charge in [0.05, 0.1) is 32.0 Å². The number of aliphatic imine (C=N–C) groups is 1. The topological polar surface area (TPSA) is 105 Å². The smallest absolute Gasteiger partial charge is 0.350 e. The molecule has 1 aromatic carbocycles. The van der Waals surface area contributed by atoms with E-state index < -0.39 is 0 Å². The van der Waals surface area contributed by atoms with Crippen molar-refractivity contribution in [3.63, 3.8) is 0 Å². The summed E-state index contributed by atoms with van der Waals surface area (Å²) in [6.07, 6.45) is 0. The van der Waals surface area contributed by atoms with Crippen LogP contribution in [0.4, 0.5) is 0 Å². The molecular formula is C20H29IN4O4S. The Morgan fingerprint density at radius 1 is 1.37 bits per heavy atom. The average Bonchev–Trinajstić information content (AvgIpc) is 3.09. The van der Waals surface area contributed by atoms with Crippen molar-refractivity contribution in [2.75, 3.05) is 20.3 Å². The third-order valence-corrected chi connectivity index (χ3v) is 5.36. The highest BCUT2D eigenvalue weighted by atomic mass is 127. The summed E-state index contributed by atoms with van der Waals surface area (Å²) >= 11 is 1.31. The Labute approximate surface area is 198 Å². The van der Waals surface area contributed by atoms with Gasteiger partial charge in [0.1, 0.15) is 21.4 Å². The summed E-state index contributed by atoms with van der Waals surface area (Å²) in [4.78, 5) is 21.6. The van der Waals surface area contributed by atoms with Gasteiger partial charge in [-0.15, -0.1) is 35.3 Å². The van der Waals surface area contributed by atoms with Crippen LogP contribution < -0.4 is 15.4 Å². The van der Waals surface area contributed by atoms with Crippen LogP contribution in [0.5, 0.6) is 11.5 Å². The lowest BCUT2D eigenvalue weighted by molar-refractivity contribution is 0.0531. The number of aromatic nitrogens is 1. The molecule has 2 rings (SSSR count). The van der Waals surface area contributed by atoms with Crippen LogP contribution in [0, 0.1) is 6.92 Å². The van der Waals surface area contributed by atoms with Crippen LogP contribution in [-0.2, 0) is 11.3 Å². The van der Waals surface area contributed by atoms with Crippen LogP contribution in [0.3, 0.4) is 0 Å². The summed E-state index contributed by atoms with van der Waals surface area (Å²) in [6, 6.07) is 4.86. The van der Waals surface area contributed by atoms with Crippen LogP contribution >= 0.6 is 35.3 Å². The fourth-order valence-corrected chi connectivity index (χ4v) is 3.52. The summed E-state index contributed by atoms with van der Waals surface area (Å²) in [5.41, 5.74) is 1.31. The van der Waals surface area contributed by atoms with Crippen LogP contribution in [0.25, 0.3) is 0 Å². The molecule has 1 heterocycles. The Balaban J connectivity index is 0.00000450. The lowest BCUT2D eigenvalue weighted by Crippen LogP contribution is -2.38. The minimum absolute atomic E-state index is 0. The predicted octanol–water partition coefficient (Wildman–Crippen LogP) is 3.78. The van der Waals surface area contributed by atoms with Gasteiger partial charge in [-0.25, -0.2) is 14.8 Å². The summed E-state index contributed by atoms with van der Waals surface area (Å²) < 4.78 is 10.3. The minimum atomic E-state index is -0.352. The van der Waals surface area contributed by atoms with Gasteiger partial charge in [-0.1, -0.05) is 0 Å². The Kier molecular flexibility index (Phi) is 10.9. The number of hydrogen-bond acceptors (Lipinski definition) is 7. The first-order chi connectivity index (χ1) is 13.9. The number of aryl methyl sites for hydroxylation is 1. The van der Waals surface area contributed by atoms with Crippen molar-refractivity contribution in [3.05, 3.63) is 39.3 Å². The average molecular weight is 548 g/mol. The van der Waals surface area contributed by atoms with E-state index in [1.165, 1.54) is 11.3 Å². The molecule has 10 heteroatoms. The molecule has 2 aromatic rings. The second-order valence-corrected chi connectivity index (χ2v) is 7.27. The summed E-state index contributed by atoms with van der Waals surface area (Å²) in [7, 11) is 1.58. The number of thiazole rings is 1. The number of nitrogens with zero attached hydrogens (tertiary/aromatic N) is 2. The molecule has 0 fully saturated rings. The lowest BCUT2D eigenvalue weighted by atomic mass is 10.2. The van der Waals surface area contributed by atoms with Gasteiger partial charge < -0.3 is 25.2 Å². The van der Waals surface area contributed by atoms with E-state index in [4.69, 9.17) is 9.47 Å². The van der Waals surface area contributed by atoms with Gasteiger partial charge in [-0.2, -0.15) is 0 Å². The molecule has 30 heavy (non-hydrogen) atoms. The molecule has 3 N–H and O–H groups in total. The molecule has 1 atom stereocenters. The molecular weight excluding hydrogens is 519 g/mol. The van der Waals surface area contributed by atoms with E-state index in [0.29, 0.717) is 41.0 Å². The number of carbonyl (C=O) groups is 1. The van der Waals surface area contributed by atoms with E-state index >= 15 is 0 Å². The van der Waals surface area contributed by atoms with Crippen molar-refractivity contribution in [1.29, 1.82) is 0 Å². The molecule has 166 valence electrons. The zero-order chi connectivity index (χ0) is 21.4. The monoisotopic (exact) mass is 548 g/mol. The number of rotatable bonds is 8. The number of methoxy groups -OCH3 is 1. The zero-order valence-corrected chi connectivity index (χ0v) is 21.0. The highest BCUT2D eigenvalue weighted by Crippen LogP contribution is 2.25. The first-order valence-electron chi connectivity index (χ1n) is 9.44. The number of carbonyl (C=O) groups excluding carboxylic acids is 1. The molecule has 1 aromatic heterocycles. The molecule has 8 nitrogen and oxygen atoms in total. The van der Waals surface area contributed by atoms with Crippen molar-refractivity contribution in [2.45, 2.75) is 40.3 Å². The van der Waals surface area contributed by atoms with E-state index in [1.807, 2.05) is 13.8 Å². The zero-order valence-electron chi connectivity index (χ0n) is 17.8. The maximum Gasteiger partial charge on any atom is 0.350 e. The molecule has 0 saturated carbocycles. The van der Waals surface area contributed by atoms with Crippen LogP contribution in [0.15, 0.2) is 23.2 Å². The minimum Gasteiger partial charge on any atom is -0.508 e. The van der Waals surface area contributed by atoms with Crippen LogP contribution in [0.1, 0.15) is 52.7 Å². The van der Waals surface area contributed by atoms with Crippen LogP contribution in [-0.4, -0.2) is 42.3 Å². The molecule has 1 unspecified atom stereocenters. The van der Waals surface area contributed by atoms with Crippen molar-refractivity contribution >= 4 is 47.2 Å². The summed E-state index contributed by atoms with van der Waals surface area (Å²) in [5, 5.41) is 17.3. The number of hydrogen-bond donors (Lipinski definition) is 3. The third kappa shape index (κ3) is 7.01. The molecule has 0 aliphatic carbocycles. The van der Waals surface area contributed by atoms with Crippen molar-refractivity contribution in [2.24, 2.45) is 4.99 Å². The fraction of sp³-hybridized carbons (Fsp3) is 0.450. The second kappa shape index (κ2) is 12.6. The van der Waals surface area contributed by atoms with E-state index in [0.717, 1.165) is 5.01 Å². The van der Waals surface area contributed by atoms with E-state index in [2.05, 4.69) is 20.6 Å². The van der Waals surface area contributed by atoms with Gasteiger partial charge in [0, 0.05) is 12.1 Å². The summed E-state index contributed by atoms with van der Waals surface area (Å²) in [6.45, 7) is 8.76. The van der Waals surface area contributed by atoms with E-state index in [1.54, 1.807) is 39.2 Å².